The molecule has 0 aliphatic heterocycles. The SMILES string of the molecule is C=CC(/C=c1/sc(=S)n(CCC)c1=C)C/C=C(C)/C(C)=C/C=C\C(C)=C(C)C.CC.CCCCN. The molecule has 1 rings (SSSR count). The van der Waals surface area contributed by atoms with E-state index in [1.165, 1.54) is 39.7 Å². The largest absolute Gasteiger partial charge is 0.330 e. The van der Waals surface area contributed by atoms with Gasteiger partial charge in [-0.25, -0.2) is 0 Å². The van der Waals surface area contributed by atoms with Crippen molar-refractivity contribution in [3.63, 3.8) is 0 Å². The van der Waals surface area contributed by atoms with E-state index in [2.05, 4.69) is 96.6 Å². The third-order valence-electron chi connectivity index (χ3n) is 5.50. The van der Waals surface area contributed by atoms with Gasteiger partial charge in [-0.2, -0.15) is 0 Å². The van der Waals surface area contributed by atoms with Crippen molar-refractivity contribution in [2.45, 2.75) is 94.5 Å². The molecular formula is C31H52N2S2. The molecule has 1 aromatic rings. The first-order valence-electron chi connectivity index (χ1n) is 13.0. The Bertz CT molecular complexity index is 1010. The van der Waals surface area contributed by atoms with E-state index < -0.39 is 0 Å². The summed E-state index contributed by atoms with van der Waals surface area (Å²) in [6.07, 6.45) is 17.4. The van der Waals surface area contributed by atoms with Crippen LogP contribution in [-0.2, 0) is 6.54 Å². The molecule has 0 bridgehead atoms. The van der Waals surface area contributed by atoms with Crippen molar-refractivity contribution in [2.75, 3.05) is 6.54 Å². The maximum Gasteiger partial charge on any atom is 0.162 e. The van der Waals surface area contributed by atoms with Gasteiger partial charge in [0, 0.05) is 11.1 Å². The number of unbranched alkanes of at least 4 members (excludes halogenated alkanes) is 1. The smallest absolute Gasteiger partial charge is 0.162 e. The van der Waals surface area contributed by atoms with Gasteiger partial charge in [0.2, 0.25) is 0 Å². The molecule has 1 atom stereocenters. The molecule has 2 N–H and O–H groups in total. The van der Waals surface area contributed by atoms with E-state index in [0.717, 1.165) is 35.2 Å². The lowest BCUT2D eigenvalue weighted by molar-refractivity contribution is 0.662. The standard InChI is InChI=1S/C25H35NS2.C4H11N.C2H6/c1-9-16-26-22(8)24(28-25(26)27)17-23(10-2)15-14-21(7)20(6)13-11-12-19(5)18(3)4;1-2-3-4-5;1-2/h10-14,17,23H,2,8-9,15-16H2,1,3-7H3;2-5H2,1H3;1-2H3/b12-11-,20-13+,21-14+,24-17+;;. The molecule has 0 aliphatic rings. The van der Waals surface area contributed by atoms with Gasteiger partial charge in [-0.05, 0) is 84.1 Å². The average Bonchev–Trinajstić information content (AvgIpc) is 3.10. The molecule has 0 aliphatic carbocycles. The number of aromatic nitrogens is 1. The second-order valence-electron chi connectivity index (χ2n) is 8.55. The minimum absolute atomic E-state index is 0.273. The van der Waals surface area contributed by atoms with Gasteiger partial charge < -0.3 is 10.3 Å². The third kappa shape index (κ3) is 15.1. The van der Waals surface area contributed by atoms with Crippen molar-refractivity contribution >= 4 is 36.2 Å². The number of thiazole rings is 1. The summed E-state index contributed by atoms with van der Waals surface area (Å²) in [6.45, 7) is 29.1. The number of hydrogen-bond donors (Lipinski definition) is 1. The van der Waals surface area contributed by atoms with E-state index in [-0.39, 0.29) is 5.92 Å². The van der Waals surface area contributed by atoms with Crippen LogP contribution in [0.3, 0.4) is 0 Å². The second kappa shape index (κ2) is 21.5. The molecular weight excluding hydrogens is 464 g/mol. The molecule has 0 aromatic carbocycles. The molecule has 0 radical (unpaired) electrons. The lowest BCUT2D eigenvalue weighted by atomic mass is 10.0. The predicted molar refractivity (Wildman–Crippen MR) is 167 cm³/mol. The van der Waals surface area contributed by atoms with Crippen LogP contribution in [-0.4, -0.2) is 11.1 Å². The summed E-state index contributed by atoms with van der Waals surface area (Å²) in [5.41, 5.74) is 10.4. The van der Waals surface area contributed by atoms with Gasteiger partial charge in [0.05, 0.1) is 5.35 Å². The van der Waals surface area contributed by atoms with Crippen LogP contribution in [0.1, 0.15) is 88.0 Å². The molecule has 0 amide bonds. The maximum atomic E-state index is 5.50. The molecule has 2 nitrogen and oxygen atoms in total. The van der Waals surface area contributed by atoms with Gasteiger partial charge in [-0.15, -0.1) is 17.9 Å². The number of rotatable bonds is 11. The Balaban J connectivity index is 0. The van der Waals surface area contributed by atoms with E-state index >= 15 is 0 Å². The Morgan fingerprint density at radius 2 is 1.71 bits per heavy atom. The van der Waals surface area contributed by atoms with Crippen LogP contribution in [0.4, 0.5) is 0 Å². The topological polar surface area (TPSA) is 30.9 Å². The fourth-order valence-corrected chi connectivity index (χ4v) is 4.21. The van der Waals surface area contributed by atoms with Crippen molar-refractivity contribution in [1.29, 1.82) is 0 Å². The molecule has 0 fully saturated rings. The van der Waals surface area contributed by atoms with Crippen LogP contribution in [0.25, 0.3) is 12.7 Å². The van der Waals surface area contributed by atoms with E-state index in [1.54, 1.807) is 11.3 Å². The van der Waals surface area contributed by atoms with Crippen LogP contribution in [0.15, 0.2) is 59.3 Å². The summed E-state index contributed by atoms with van der Waals surface area (Å²) in [6, 6.07) is 0. The number of hydrogen-bond acceptors (Lipinski definition) is 3. The third-order valence-corrected chi connectivity index (χ3v) is 6.96. The second-order valence-corrected chi connectivity index (χ2v) is 10.2. The van der Waals surface area contributed by atoms with Crippen LogP contribution < -0.4 is 15.6 Å². The zero-order chi connectivity index (χ0) is 27.4. The summed E-state index contributed by atoms with van der Waals surface area (Å²) in [5, 5.41) is 1.03. The summed E-state index contributed by atoms with van der Waals surface area (Å²) < 4.78 is 4.22. The molecule has 0 spiro atoms. The predicted octanol–water partition coefficient (Wildman–Crippen LogP) is 8.65. The van der Waals surface area contributed by atoms with Crippen molar-refractivity contribution in [3.05, 3.63) is 73.1 Å². The Kier molecular flexibility index (Phi) is 21.8. The first-order valence-corrected chi connectivity index (χ1v) is 14.2. The van der Waals surface area contributed by atoms with E-state index in [9.17, 15) is 0 Å². The Morgan fingerprint density at radius 1 is 1.09 bits per heavy atom. The first-order chi connectivity index (χ1) is 16.6. The highest BCUT2D eigenvalue weighted by molar-refractivity contribution is 7.73. The van der Waals surface area contributed by atoms with Crippen LogP contribution in [0.2, 0.25) is 0 Å². The molecule has 0 saturated carbocycles. The quantitative estimate of drug-likeness (QED) is 0.181. The van der Waals surface area contributed by atoms with Gasteiger partial charge in [-0.3, -0.25) is 0 Å². The van der Waals surface area contributed by atoms with Gasteiger partial charge in [0.25, 0.3) is 0 Å². The lowest BCUT2D eigenvalue weighted by Gasteiger charge is -2.06. The summed E-state index contributed by atoms with van der Waals surface area (Å²) in [7, 11) is 0. The Labute approximate surface area is 226 Å². The van der Waals surface area contributed by atoms with Gasteiger partial charge in [0.1, 0.15) is 0 Å². The van der Waals surface area contributed by atoms with E-state index in [4.69, 9.17) is 18.0 Å². The van der Waals surface area contributed by atoms with E-state index in [0.29, 0.717) is 0 Å². The highest BCUT2D eigenvalue weighted by Gasteiger charge is 2.03. The number of allylic oxidation sites excluding steroid dienone is 9. The molecule has 4 heteroatoms. The molecule has 0 saturated heterocycles. The molecule has 35 heavy (non-hydrogen) atoms. The highest BCUT2D eigenvalue weighted by atomic mass is 32.1. The number of nitrogens with two attached hydrogens (primary N) is 1. The molecule has 198 valence electrons. The van der Waals surface area contributed by atoms with Crippen LogP contribution in [0, 0.1) is 9.87 Å². The van der Waals surface area contributed by atoms with Crippen LogP contribution in [0.5, 0.6) is 0 Å². The minimum atomic E-state index is 0.273. The van der Waals surface area contributed by atoms with Crippen molar-refractivity contribution in [1.82, 2.24) is 4.57 Å². The lowest BCUT2D eigenvalue weighted by Crippen LogP contribution is -2.27. The van der Waals surface area contributed by atoms with Crippen molar-refractivity contribution in [2.24, 2.45) is 11.7 Å². The summed E-state index contributed by atoms with van der Waals surface area (Å²) in [5.74, 6) is 0.273. The van der Waals surface area contributed by atoms with Gasteiger partial charge in [-0.1, -0.05) is 93.9 Å². The molecule has 1 heterocycles. The summed E-state index contributed by atoms with van der Waals surface area (Å²) in [4.78, 5) is 0. The fraction of sp³-hybridized carbons (Fsp3) is 0.516. The van der Waals surface area contributed by atoms with Crippen LogP contribution >= 0.6 is 23.6 Å². The normalized spacial score (nSPS) is 13.0. The Hall–Kier alpha value is -1.75. The number of nitrogens with zero attached hydrogens (tertiary/aromatic N) is 1. The van der Waals surface area contributed by atoms with Gasteiger partial charge >= 0.3 is 0 Å². The summed E-state index contributed by atoms with van der Waals surface area (Å²) >= 11 is 7.14. The average molecular weight is 517 g/mol. The fourth-order valence-electron chi connectivity index (χ4n) is 2.77. The zero-order valence-corrected chi connectivity index (χ0v) is 25.7. The monoisotopic (exact) mass is 516 g/mol. The minimum Gasteiger partial charge on any atom is -0.330 e. The zero-order valence-electron chi connectivity index (χ0n) is 24.0. The molecule has 1 aromatic heterocycles. The highest BCUT2D eigenvalue weighted by Crippen LogP contribution is 2.15. The maximum absolute atomic E-state index is 5.50. The first kappa shape index (κ1) is 35.4. The van der Waals surface area contributed by atoms with E-state index in [1.807, 2.05) is 19.9 Å². The molecule has 1 unspecified atom stereocenters. The van der Waals surface area contributed by atoms with Crippen molar-refractivity contribution in [3.8, 4) is 0 Å². The van der Waals surface area contributed by atoms with Crippen molar-refractivity contribution < 1.29 is 0 Å². The Morgan fingerprint density at radius 3 is 2.17 bits per heavy atom. The van der Waals surface area contributed by atoms with Gasteiger partial charge in [0.15, 0.2) is 3.95 Å².